The molecule has 1 heterocycles. The van der Waals surface area contributed by atoms with Crippen molar-refractivity contribution in [2.75, 3.05) is 33.2 Å². The lowest BCUT2D eigenvalue weighted by molar-refractivity contribution is 0.159. The van der Waals surface area contributed by atoms with E-state index < -0.39 is 0 Å². The van der Waals surface area contributed by atoms with Gasteiger partial charge in [0.1, 0.15) is 0 Å². The molecule has 4 nitrogen and oxygen atoms in total. The van der Waals surface area contributed by atoms with Crippen LogP contribution in [0, 0.1) is 0 Å². The molecule has 0 aromatic carbocycles. The van der Waals surface area contributed by atoms with Crippen LogP contribution in [-0.2, 0) is 0 Å². The van der Waals surface area contributed by atoms with Gasteiger partial charge in [0.2, 0.25) is 0 Å². The standard InChI is InChI=1S/C13H28N4/c1-4-15-13(14-3)16-9-7-11-17-10-6-5-8-12(17)2/h12H,4-11H2,1-3H3,(H2,14,15,16). The van der Waals surface area contributed by atoms with Gasteiger partial charge in [-0.05, 0) is 39.7 Å². The van der Waals surface area contributed by atoms with Gasteiger partial charge in [-0.25, -0.2) is 0 Å². The van der Waals surface area contributed by atoms with E-state index in [-0.39, 0.29) is 0 Å². The summed E-state index contributed by atoms with van der Waals surface area (Å²) in [5.41, 5.74) is 0. The number of aliphatic imine (C=N–C) groups is 1. The molecule has 0 aliphatic carbocycles. The molecule has 1 fully saturated rings. The van der Waals surface area contributed by atoms with Crippen LogP contribution in [0.1, 0.15) is 39.5 Å². The van der Waals surface area contributed by atoms with Crippen LogP contribution in [0.3, 0.4) is 0 Å². The number of nitrogens with zero attached hydrogens (tertiary/aromatic N) is 2. The van der Waals surface area contributed by atoms with Crippen LogP contribution in [0.25, 0.3) is 0 Å². The zero-order chi connectivity index (χ0) is 12.5. The van der Waals surface area contributed by atoms with E-state index in [0.29, 0.717) is 0 Å². The van der Waals surface area contributed by atoms with Crippen molar-refractivity contribution in [3.63, 3.8) is 0 Å². The largest absolute Gasteiger partial charge is 0.357 e. The average Bonchev–Trinajstić information content (AvgIpc) is 2.35. The van der Waals surface area contributed by atoms with Gasteiger partial charge in [-0.3, -0.25) is 4.99 Å². The molecule has 0 aromatic rings. The SMILES string of the molecule is CCNC(=NC)NCCCN1CCCCC1C. The Morgan fingerprint density at radius 2 is 2.18 bits per heavy atom. The highest BCUT2D eigenvalue weighted by atomic mass is 15.2. The first-order valence-electron chi connectivity index (χ1n) is 6.96. The van der Waals surface area contributed by atoms with Gasteiger partial charge in [0.15, 0.2) is 5.96 Å². The van der Waals surface area contributed by atoms with Crippen molar-refractivity contribution >= 4 is 5.96 Å². The van der Waals surface area contributed by atoms with Crippen molar-refractivity contribution < 1.29 is 0 Å². The van der Waals surface area contributed by atoms with Crippen LogP contribution in [-0.4, -0.2) is 50.1 Å². The van der Waals surface area contributed by atoms with Crippen molar-refractivity contribution in [1.29, 1.82) is 0 Å². The fourth-order valence-electron chi connectivity index (χ4n) is 2.37. The predicted molar refractivity (Wildman–Crippen MR) is 74.5 cm³/mol. The molecule has 100 valence electrons. The maximum Gasteiger partial charge on any atom is 0.190 e. The number of likely N-dealkylation sites (tertiary alicyclic amines) is 1. The van der Waals surface area contributed by atoms with Gasteiger partial charge in [-0.15, -0.1) is 0 Å². The van der Waals surface area contributed by atoms with Gasteiger partial charge in [0.25, 0.3) is 0 Å². The number of hydrogen-bond donors (Lipinski definition) is 2. The fourth-order valence-corrected chi connectivity index (χ4v) is 2.37. The van der Waals surface area contributed by atoms with E-state index in [1.165, 1.54) is 38.8 Å². The molecule has 17 heavy (non-hydrogen) atoms. The van der Waals surface area contributed by atoms with Crippen LogP contribution >= 0.6 is 0 Å². The average molecular weight is 240 g/mol. The molecular weight excluding hydrogens is 212 g/mol. The summed E-state index contributed by atoms with van der Waals surface area (Å²) in [5.74, 6) is 0.916. The Hall–Kier alpha value is -0.770. The monoisotopic (exact) mass is 240 g/mol. The molecule has 1 atom stereocenters. The zero-order valence-electron chi connectivity index (χ0n) is 11.6. The smallest absolute Gasteiger partial charge is 0.190 e. The van der Waals surface area contributed by atoms with Crippen LogP contribution in [0.2, 0.25) is 0 Å². The Morgan fingerprint density at radius 3 is 2.82 bits per heavy atom. The molecular formula is C13H28N4. The van der Waals surface area contributed by atoms with Crippen LogP contribution in [0.4, 0.5) is 0 Å². The minimum Gasteiger partial charge on any atom is -0.357 e. The first kappa shape index (κ1) is 14.3. The zero-order valence-corrected chi connectivity index (χ0v) is 11.6. The van der Waals surface area contributed by atoms with Crippen molar-refractivity contribution in [3.05, 3.63) is 0 Å². The lowest BCUT2D eigenvalue weighted by Crippen LogP contribution is -2.41. The van der Waals surface area contributed by atoms with Gasteiger partial charge in [0.05, 0.1) is 0 Å². The highest BCUT2D eigenvalue weighted by molar-refractivity contribution is 5.79. The molecule has 0 saturated carbocycles. The number of piperidine rings is 1. The molecule has 0 bridgehead atoms. The van der Waals surface area contributed by atoms with E-state index in [1.54, 1.807) is 0 Å². The van der Waals surface area contributed by atoms with E-state index in [1.807, 2.05) is 7.05 Å². The third kappa shape index (κ3) is 5.39. The van der Waals surface area contributed by atoms with Crippen molar-refractivity contribution in [1.82, 2.24) is 15.5 Å². The second-order valence-electron chi connectivity index (χ2n) is 4.76. The molecule has 0 aromatic heterocycles. The Morgan fingerprint density at radius 1 is 1.35 bits per heavy atom. The van der Waals surface area contributed by atoms with Crippen LogP contribution in [0.15, 0.2) is 4.99 Å². The summed E-state index contributed by atoms with van der Waals surface area (Å²) in [6.45, 7) is 8.85. The molecule has 0 spiro atoms. The Bertz CT molecular complexity index is 227. The first-order valence-corrected chi connectivity index (χ1v) is 6.96. The van der Waals surface area contributed by atoms with Gasteiger partial charge in [-0.2, -0.15) is 0 Å². The molecule has 1 aliphatic heterocycles. The van der Waals surface area contributed by atoms with Crippen LogP contribution < -0.4 is 10.6 Å². The molecule has 0 radical (unpaired) electrons. The van der Waals surface area contributed by atoms with Crippen molar-refractivity contribution in [3.8, 4) is 0 Å². The van der Waals surface area contributed by atoms with E-state index in [0.717, 1.165) is 25.1 Å². The Balaban J connectivity index is 2.10. The predicted octanol–water partition coefficient (Wildman–Crippen LogP) is 1.44. The third-order valence-electron chi connectivity index (χ3n) is 3.42. The summed E-state index contributed by atoms with van der Waals surface area (Å²) in [6.07, 6.45) is 5.33. The lowest BCUT2D eigenvalue weighted by Gasteiger charge is -2.33. The third-order valence-corrected chi connectivity index (χ3v) is 3.42. The minimum absolute atomic E-state index is 0.775. The topological polar surface area (TPSA) is 39.7 Å². The second-order valence-corrected chi connectivity index (χ2v) is 4.76. The number of rotatable bonds is 5. The number of nitrogens with one attached hydrogen (secondary N) is 2. The van der Waals surface area contributed by atoms with E-state index in [4.69, 9.17) is 0 Å². The highest BCUT2D eigenvalue weighted by Gasteiger charge is 2.16. The van der Waals surface area contributed by atoms with E-state index in [2.05, 4.69) is 34.4 Å². The number of guanidine groups is 1. The van der Waals surface area contributed by atoms with Gasteiger partial charge in [0, 0.05) is 32.7 Å². The number of hydrogen-bond acceptors (Lipinski definition) is 2. The molecule has 1 saturated heterocycles. The summed E-state index contributed by atoms with van der Waals surface area (Å²) >= 11 is 0. The highest BCUT2D eigenvalue weighted by Crippen LogP contribution is 2.15. The van der Waals surface area contributed by atoms with Crippen molar-refractivity contribution in [2.45, 2.75) is 45.6 Å². The van der Waals surface area contributed by atoms with E-state index >= 15 is 0 Å². The second kappa shape index (κ2) is 8.34. The van der Waals surface area contributed by atoms with Gasteiger partial charge in [-0.1, -0.05) is 6.42 Å². The van der Waals surface area contributed by atoms with Crippen molar-refractivity contribution in [2.24, 2.45) is 4.99 Å². The fraction of sp³-hybridized carbons (Fsp3) is 0.923. The molecule has 1 aliphatic rings. The minimum atomic E-state index is 0.775. The van der Waals surface area contributed by atoms with Crippen LogP contribution in [0.5, 0.6) is 0 Å². The molecule has 4 heteroatoms. The first-order chi connectivity index (χ1) is 8.27. The normalized spacial score (nSPS) is 22.5. The Labute approximate surface area is 106 Å². The summed E-state index contributed by atoms with van der Waals surface area (Å²) in [6, 6.07) is 0.775. The summed E-state index contributed by atoms with van der Waals surface area (Å²) in [5, 5.41) is 6.54. The quantitative estimate of drug-likeness (QED) is 0.434. The molecule has 2 N–H and O–H groups in total. The summed E-state index contributed by atoms with van der Waals surface area (Å²) in [4.78, 5) is 6.77. The van der Waals surface area contributed by atoms with E-state index in [9.17, 15) is 0 Å². The maximum atomic E-state index is 4.16. The lowest BCUT2D eigenvalue weighted by atomic mass is 10.0. The molecule has 0 amide bonds. The summed E-state index contributed by atoms with van der Waals surface area (Å²) in [7, 11) is 1.82. The Kier molecular flexibility index (Phi) is 7.01. The van der Waals surface area contributed by atoms with Gasteiger partial charge < -0.3 is 15.5 Å². The molecule has 1 unspecified atom stereocenters. The molecule has 1 rings (SSSR count). The summed E-state index contributed by atoms with van der Waals surface area (Å²) < 4.78 is 0. The van der Waals surface area contributed by atoms with Gasteiger partial charge >= 0.3 is 0 Å². The maximum absolute atomic E-state index is 4.16.